The van der Waals surface area contributed by atoms with Crippen LogP contribution in [0.5, 0.6) is 0 Å². The fourth-order valence-electron chi connectivity index (χ4n) is 9.11. The molecule has 0 saturated heterocycles. The molecule has 0 aromatic rings. The summed E-state index contributed by atoms with van der Waals surface area (Å²) in [5.74, 6) is 5.11. The van der Waals surface area contributed by atoms with E-state index in [9.17, 15) is 4.79 Å². The van der Waals surface area contributed by atoms with E-state index < -0.39 is 0 Å². The Labute approximate surface area is 210 Å². The molecule has 0 unspecified atom stereocenters. The monoisotopic (exact) mass is 468 g/mol. The summed E-state index contributed by atoms with van der Waals surface area (Å²) in [4.78, 5) is 12.3. The molecule has 2 heteroatoms. The largest absolute Gasteiger partial charge is 0.459 e. The molecule has 0 radical (unpaired) electrons. The van der Waals surface area contributed by atoms with Gasteiger partial charge in [0.05, 0.1) is 0 Å². The molecule has 0 aromatic heterocycles. The van der Waals surface area contributed by atoms with Gasteiger partial charge in [0.25, 0.3) is 0 Å². The van der Waals surface area contributed by atoms with Gasteiger partial charge in [-0.15, -0.1) is 0 Å². The third-order valence-corrected chi connectivity index (χ3v) is 11.3. The Bertz CT molecular complexity index is 806. The molecule has 0 heterocycles. The number of rotatable bonds is 7. The third-order valence-electron chi connectivity index (χ3n) is 11.3. The predicted octanol–water partition coefficient (Wildman–Crippen LogP) is 8.91. The van der Waals surface area contributed by atoms with Crippen molar-refractivity contribution in [3.05, 3.63) is 23.3 Å². The highest BCUT2D eigenvalue weighted by molar-refractivity contribution is 5.87. The van der Waals surface area contributed by atoms with Crippen LogP contribution in [-0.4, -0.2) is 12.1 Å². The minimum Gasteiger partial charge on any atom is -0.459 e. The molecule has 0 bridgehead atoms. The van der Waals surface area contributed by atoms with Gasteiger partial charge in [-0.2, -0.15) is 0 Å². The average molecular weight is 469 g/mol. The first-order chi connectivity index (χ1) is 16.1. The fourth-order valence-corrected chi connectivity index (χ4v) is 9.11. The lowest BCUT2D eigenvalue weighted by Gasteiger charge is -2.58. The van der Waals surface area contributed by atoms with E-state index in [-0.39, 0.29) is 12.1 Å². The van der Waals surface area contributed by atoms with Crippen LogP contribution in [0.25, 0.3) is 0 Å². The molecule has 4 aliphatic rings. The maximum absolute atomic E-state index is 12.3. The maximum atomic E-state index is 12.3. The normalized spacial score (nSPS) is 40.8. The first-order valence-electron chi connectivity index (χ1n) is 14.6. The van der Waals surface area contributed by atoms with E-state index in [0.29, 0.717) is 10.8 Å². The van der Waals surface area contributed by atoms with E-state index in [0.717, 1.165) is 53.9 Å². The van der Waals surface area contributed by atoms with Crippen LogP contribution in [0.3, 0.4) is 0 Å². The molecule has 34 heavy (non-hydrogen) atoms. The lowest BCUT2D eigenvalue weighted by Crippen LogP contribution is -2.51. The minimum atomic E-state index is -0.127. The topological polar surface area (TPSA) is 26.3 Å². The van der Waals surface area contributed by atoms with Gasteiger partial charge in [0.1, 0.15) is 6.10 Å². The molecule has 2 nitrogen and oxygen atoms in total. The molecular formula is C32H52O2. The molecule has 3 fully saturated rings. The van der Waals surface area contributed by atoms with Crippen LogP contribution in [0.4, 0.5) is 0 Å². The molecular weight excluding hydrogens is 416 g/mol. The van der Waals surface area contributed by atoms with E-state index in [4.69, 9.17) is 4.74 Å². The Morgan fingerprint density at radius 3 is 2.56 bits per heavy atom. The van der Waals surface area contributed by atoms with Gasteiger partial charge in [-0.05, 0) is 105 Å². The molecule has 4 aliphatic carbocycles. The number of allylic oxidation sites excluding steroid dienone is 2. The highest BCUT2D eigenvalue weighted by atomic mass is 16.5. The number of ether oxygens (including phenoxy) is 1. The van der Waals surface area contributed by atoms with E-state index in [1.807, 2.05) is 19.9 Å². The van der Waals surface area contributed by atoms with Crippen LogP contribution in [0.1, 0.15) is 119 Å². The first-order valence-corrected chi connectivity index (χ1v) is 14.6. The van der Waals surface area contributed by atoms with Gasteiger partial charge < -0.3 is 4.74 Å². The van der Waals surface area contributed by atoms with Crippen molar-refractivity contribution >= 4 is 5.97 Å². The average Bonchev–Trinajstić information content (AvgIpc) is 3.15. The summed E-state index contributed by atoms with van der Waals surface area (Å²) in [5, 5.41) is 0. The number of carbonyl (C=O) groups is 1. The fraction of sp³-hybridized carbons (Fsp3) is 0.844. The minimum absolute atomic E-state index is 0.0645. The number of hydrogen-bond acceptors (Lipinski definition) is 2. The Kier molecular flexibility index (Phi) is 7.76. The van der Waals surface area contributed by atoms with Crippen molar-refractivity contribution < 1.29 is 9.53 Å². The molecule has 0 N–H and O–H groups in total. The second-order valence-electron chi connectivity index (χ2n) is 13.5. The summed E-state index contributed by atoms with van der Waals surface area (Å²) in [6.07, 6.45) is 18.9. The van der Waals surface area contributed by atoms with E-state index in [2.05, 4.69) is 40.7 Å². The van der Waals surface area contributed by atoms with Crippen molar-refractivity contribution in [1.29, 1.82) is 0 Å². The molecule has 0 aromatic carbocycles. The van der Waals surface area contributed by atoms with Crippen molar-refractivity contribution in [2.45, 2.75) is 125 Å². The smallest absolute Gasteiger partial charge is 0.333 e. The molecule has 3 saturated carbocycles. The number of esters is 1. The van der Waals surface area contributed by atoms with Gasteiger partial charge in [-0.1, -0.05) is 71.6 Å². The van der Waals surface area contributed by atoms with E-state index in [1.54, 1.807) is 5.57 Å². The Balaban J connectivity index is 1.44. The van der Waals surface area contributed by atoms with Gasteiger partial charge in [0.2, 0.25) is 0 Å². The molecule has 192 valence electrons. The van der Waals surface area contributed by atoms with Crippen LogP contribution in [0.15, 0.2) is 23.3 Å². The van der Waals surface area contributed by atoms with Crippen LogP contribution in [0, 0.1) is 46.3 Å². The number of hydrogen-bond donors (Lipinski definition) is 0. The Morgan fingerprint density at radius 2 is 1.85 bits per heavy atom. The summed E-state index contributed by atoms with van der Waals surface area (Å²) in [7, 11) is 0. The third kappa shape index (κ3) is 4.69. The number of carbonyl (C=O) groups excluding carboxylic acids is 1. The summed E-state index contributed by atoms with van der Waals surface area (Å²) in [6.45, 7) is 16.3. The summed E-state index contributed by atoms with van der Waals surface area (Å²) < 4.78 is 5.90. The van der Waals surface area contributed by atoms with E-state index >= 15 is 0 Å². The van der Waals surface area contributed by atoms with Crippen LogP contribution < -0.4 is 0 Å². The summed E-state index contributed by atoms with van der Waals surface area (Å²) in [5.41, 5.74) is 3.21. The molecule has 8 atom stereocenters. The van der Waals surface area contributed by atoms with Gasteiger partial charge in [-0.3, -0.25) is 0 Å². The molecule has 0 amide bonds. The van der Waals surface area contributed by atoms with Crippen molar-refractivity contribution in [1.82, 2.24) is 0 Å². The van der Waals surface area contributed by atoms with Crippen LogP contribution >= 0.6 is 0 Å². The van der Waals surface area contributed by atoms with Crippen molar-refractivity contribution in [3.8, 4) is 0 Å². The molecule has 4 rings (SSSR count). The zero-order valence-corrected chi connectivity index (χ0v) is 23.3. The predicted molar refractivity (Wildman–Crippen MR) is 142 cm³/mol. The second-order valence-corrected chi connectivity index (χ2v) is 13.5. The van der Waals surface area contributed by atoms with E-state index in [1.165, 1.54) is 57.8 Å². The maximum Gasteiger partial charge on any atom is 0.333 e. The lowest BCUT2D eigenvalue weighted by molar-refractivity contribution is -0.146. The van der Waals surface area contributed by atoms with Gasteiger partial charge in [-0.25, -0.2) is 4.79 Å². The highest BCUT2D eigenvalue weighted by Crippen LogP contribution is 2.67. The molecule has 0 spiro atoms. The summed E-state index contributed by atoms with van der Waals surface area (Å²) in [6, 6.07) is 0. The van der Waals surface area contributed by atoms with Gasteiger partial charge in [0.15, 0.2) is 0 Å². The lowest BCUT2D eigenvalue weighted by atomic mass is 9.47. The molecule has 0 aliphatic heterocycles. The first kappa shape index (κ1) is 26.0. The standard InChI is InChI=1S/C32H52O2/c1-8-22(4)30(33)34-25-16-18-31(6)24(20-25)12-13-26-28-15-14-27(23(5)11-9-10-21(2)3)32(28,7)19-17-29(26)31/h8,12,21,23,25-29H,9-11,13-20H2,1-7H3/b22-8+/t23-,25-,26-,27+,28+,29+,31-,32-/m0/s1. The van der Waals surface area contributed by atoms with Gasteiger partial charge in [0, 0.05) is 12.0 Å². The van der Waals surface area contributed by atoms with Gasteiger partial charge >= 0.3 is 5.97 Å². The Hall–Kier alpha value is -1.05. The number of fused-ring (bicyclic) bond motifs is 5. The zero-order chi connectivity index (χ0) is 24.7. The van der Waals surface area contributed by atoms with Crippen molar-refractivity contribution in [3.63, 3.8) is 0 Å². The summed E-state index contributed by atoms with van der Waals surface area (Å²) >= 11 is 0. The van der Waals surface area contributed by atoms with Crippen LogP contribution in [-0.2, 0) is 9.53 Å². The highest BCUT2D eigenvalue weighted by Gasteiger charge is 2.59. The quantitative estimate of drug-likeness (QED) is 0.212. The SMILES string of the molecule is C/C=C(\C)C(=O)O[C@H]1CC[C@@]2(C)C(=CC[C@H]3[C@H]4CC[C@H]([C@@H](C)CCCC(C)C)[C@]4(C)CC[C@H]32)C1. The van der Waals surface area contributed by atoms with Crippen molar-refractivity contribution in [2.75, 3.05) is 0 Å². The second kappa shape index (κ2) is 10.1. The van der Waals surface area contributed by atoms with Crippen molar-refractivity contribution in [2.24, 2.45) is 46.3 Å². The van der Waals surface area contributed by atoms with Crippen LogP contribution in [0.2, 0.25) is 0 Å². The Morgan fingerprint density at radius 1 is 1.09 bits per heavy atom. The zero-order valence-electron chi connectivity index (χ0n) is 23.3.